The molecule has 0 radical (unpaired) electrons. The quantitative estimate of drug-likeness (QED) is 0.239. The Morgan fingerprint density at radius 1 is 0.769 bits per heavy atom. The minimum Gasteiger partial charge on any atom is -0.301 e. The van der Waals surface area contributed by atoms with E-state index in [1.54, 1.807) is 0 Å². The number of carbonyl (C=O) groups is 2. The van der Waals surface area contributed by atoms with Gasteiger partial charge in [-0.2, -0.15) is 0 Å². The summed E-state index contributed by atoms with van der Waals surface area (Å²) >= 11 is 1.25. The first-order valence-corrected chi connectivity index (χ1v) is 14.0. The SMILES string of the molecule is CC1(C(=O)Nc2nc(-c3ccccc3)c(C(=O)c3ccccc3)s2)CC2c3ccccc3C1c1ccccc12. The van der Waals surface area contributed by atoms with Gasteiger partial charge in [0.05, 0.1) is 11.1 Å². The van der Waals surface area contributed by atoms with Crippen LogP contribution in [0, 0.1) is 5.41 Å². The summed E-state index contributed by atoms with van der Waals surface area (Å²) in [5, 5.41) is 3.60. The zero-order chi connectivity index (χ0) is 26.6. The van der Waals surface area contributed by atoms with E-state index in [-0.39, 0.29) is 23.5 Å². The number of hydrogen-bond acceptors (Lipinski definition) is 4. The molecule has 1 unspecified atom stereocenters. The number of carbonyl (C=O) groups excluding carboxylic acids is 2. The lowest BCUT2D eigenvalue weighted by molar-refractivity contribution is -0.126. The number of ketones is 1. The van der Waals surface area contributed by atoms with E-state index in [0.29, 0.717) is 21.3 Å². The van der Waals surface area contributed by atoms with Crippen LogP contribution in [0.25, 0.3) is 11.3 Å². The van der Waals surface area contributed by atoms with Crippen LogP contribution in [0.3, 0.4) is 0 Å². The molecular formula is C34H26N2O2S. The second-order valence-electron chi connectivity index (χ2n) is 10.6. The Morgan fingerprint density at radius 2 is 1.31 bits per heavy atom. The molecule has 5 heteroatoms. The highest BCUT2D eigenvalue weighted by Gasteiger charge is 2.54. The number of aromatic nitrogens is 1. The van der Waals surface area contributed by atoms with Crippen molar-refractivity contribution in [1.29, 1.82) is 0 Å². The Morgan fingerprint density at radius 3 is 1.92 bits per heavy atom. The van der Waals surface area contributed by atoms with Crippen molar-refractivity contribution in [2.75, 3.05) is 5.32 Å². The van der Waals surface area contributed by atoms with Crippen LogP contribution >= 0.6 is 11.3 Å². The molecule has 39 heavy (non-hydrogen) atoms. The second-order valence-corrected chi connectivity index (χ2v) is 11.6. The summed E-state index contributed by atoms with van der Waals surface area (Å²) in [6.07, 6.45) is 0.726. The van der Waals surface area contributed by atoms with Crippen LogP contribution in [0.15, 0.2) is 109 Å². The van der Waals surface area contributed by atoms with E-state index < -0.39 is 5.41 Å². The third-order valence-corrected chi connectivity index (χ3v) is 9.26. The molecule has 1 amide bonds. The number of nitrogens with one attached hydrogen (secondary N) is 1. The lowest BCUT2D eigenvalue weighted by Gasteiger charge is -2.50. The van der Waals surface area contributed by atoms with E-state index in [0.717, 1.165) is 12.0 Å². The van der Waals surface area contributed by atoms with Crippen LogP contribution in [-0.4, -0.2) is 16.7 Å². The molecule has 190 valence electrons. The van der Waals surface area contributed by atoms with E-state index in [1.165, 1.54) is 33.6 Å². The van der Waals surface area contributed by atoms with Crippen molar-refractivity contribution in [3.05, 3.63) is 142 Å². The molecule has 0 spiro atoms. The molecule has 0 saturated carbocycles. The summed E-state index contributed by atoms with van der Waals surface area (Å²) in [6.45, 7) is 2.08. The topological polar surface area (TPSA) is 59.1 Å². The van der Waals surface area contributed by atoms with Crippen LogP contribution in [0.1, 0.15) is 62.7 Å². The molecule has 3 aliphatic rings. The van der Waals surface area contributed by atoms with Crippen LogP contribution in [0.4, 0.5) is 5.13 Å². The lowest BCUT2D eigenvalue weighted by Crippen LogP contribution is -2.47. The lowest BCUT2D eigenvalue weighted by atomic mass is 9.52. The number of nitrogens with zero attached hydrogens (tertiary/aromatic N) is 1. The number of amides is 1. The first-order chi connectivity index (χ1) is 19.0. The highest BCUT2D eigenvalue weighted by molar-refractivity contribution is 7.18. The zero-order valence-corrected chi connectivity index (χ0v) is 22.2. The van der Waals surface area contributed by atoms with Gasteiger partial charge in [0.15, 0.2) is 5.13 Å². The van der Waals surface area contributed by atoms with Crippen molar-refractivity contribution in [2.24, 2.45) is 5.41 Å². The number of hydrogen-bond donors (Lipinski definition) is 1. The number of thiazole rings is 1. The van der Waals surface area contributed by atoms with Crippen molar-refractivity contribution in [3.8, 4) is 11.3 Å². The summed E-state index contributed by atoms with van der Waals surface area (Å²) in [7, 11) is 0. The second kappa shape index (κ2) is 9.14. The van der Waals surface area contributed by atoms with E-state index in [2.05, 4.69) is 60.8 Å². The summed E-state index contributed by atoms with van der Waals surface area (Å²) in [5.74, 6) is -0.0368. The molecule has 4 aromatic carbocycles. The van der Waals surface area contributed by atoms with E-state index in [1.807, 2.05) is 60.7 Å². The fourth-order valence-corrected chi connectivity index (χ4v) is 7.41. The van der Waals surface area contributed by atoms with Crippen molar-refractivity contribution in [1.82, 2.24) is 4.98 Å². The highest BCUT2D eigenvalue weighted by atomic mass is 32.1. The smallest absolute Gasteiger partial charge is 0.233 e. The molecular weight excluding hydrogens is 500 g/mol. The first-order valence-electron chi connectivity index (χ1n) is 13.2. The minimum absolute atomic E-state index is 0.0473. The average molecular weight is 527 g/mol. The Labute approximate surface area is 231 Å². The monoisotopic (exact) mass is 526 g/mol. The van der Waals surface area contributed by atoms with Gasteiger partial charge in [-0.25, -0.2) is 4.98 Å². The Kier molecular flexibility index (Phi) is 5.56. The van der Waals surface area contributed by atoms with E-state index in [9.17, 15) is 9.59 Å². The Bertz CT molecular complexity index is 1680. The summed E-state index contributed by atoms with van der Waals surface area (Å²) in [5.41, 5.74) is 6.49. The van der Waals surface area contributed by atoms with E-state index >= 15 is 0 Å². The average Bonchev–Trinajstić information content (AvgIpc) is 3.41. The van der Waals surface area contributed by atoms with Crippen molar-refractivity contribution in [2.45, 2.75) is 25.2 Å². The molecule has 1 atom stereocenters. The van der Waals surface area contributed by atoms with Crippen molar-refractivity contribution in [3.63, 3.8) is 0 Å². The molecule has 4 nitrogen and oxygen atoms in total. The zero-order valence-electron chi connectivity index (χ0n) is 21.4. The Balaban J connectivity index is 1.28. The van der Waals surface area contributed by atoms with Gasteiger partial charge < -0.3 is 5.32 Å². The van der Waals surface area contributed by atoms with Gasteiger partial charge in [0.25, 0.3) is 0 Å². The predicted molar refractivity (Wildman–Crippen MR) is 155 cm³/mol. The van der Waals surface area contributed by atoms with Crippen LogP contribution in [-0.2, 0) is 4.79 Å². The van der Waals surface area contributed by atoms with Crippen LogP contribution in [0.5, 0.6) is 0 Å². The molecule has 0 fully saturated rings. The summed E-state index contributed by atoms with van der Waals surface area (Å²) in [6, 6.07) is 35.9. The molecule has 8 rings (SSSR count). The maximum atomic E-state index is 14.2. The molecule has 0 aliphatic heterocycles. The number of fused-ring (bicyclic) bond motifs is 1. The maximum Gasteiger partial charge on any atom is 0.233 e. The largest absolute Gasteiger partial charge is 0.301 e. The van der Waals surface area contributed by atoms with Gasteiger partial charge in [-0.15, -0.1) is 0 Å². The molecule has 2 bridgehead atoms. The fourth-order valence-electron chi connectivity index (χ4n) is 6.47. The van der Waals surface area contributed by atoms with E-state index in [4.69, 9.17) is 4.98 Å². The van der Waals surface area contributed by atoms with Gasteiger partial charge in [-0.1, -0.05) is 121 Å². The molecule has 0 saturated heterocycles. The Hall–Kier alpha value is -4.35. The third-order valence-electron chi connectivity index (χ3n) is 8.29. The highest BCUT2D eigenvalue weighted by Crippen LogP contribution is 2.61. The van der Waals surface area contributed by atoms with Gasteiger partial charge in [-0.05, 0) is 35.6 Å². The number of rotatable bonds is 5. The third kappa shape index (κ3) is 3.76. The van der Waals surface area contributed by atoms with Crippen molar-refractivity contribution < 1.29 is 9.59 Å². The van der Waals surface area contributed by atoms with Crippen LogP contribution in [0.2, 0.25) is 0 Å². The maximum absolute atomic E-state index is 14.2. The van der Waals surface area contributed by atoms with Gasteiger partial charge in [0, 0.05) is 23.0 Å². The minimum atomic E-state index is -0.657. The van der Waals surface area contributed by atoms with Crippen LogP contribution < -0.4 is 5.32 Å². The molecule has 1 aromatic heterocycles. The van der Waals surface area contributed by atoms with Gasteiger partial charge in [0.2, 0.25) is 11.7 Å². The molecule has 1 N–H and O–H groups in total. The standard InChI is InChI=1S/C34H26N2O2S/c1-34(20-27-23-16-8-10-18-25(23)28(34)26-19-11-9-17-24(26)27)32(38)36-33-35-29(21-12-4-2-5-13-21)31(39-33)30(37)22-14-6-3-7-15-22/h2-19,27-28H,20H2,1H3,(H,35,36,38). The number of anilines is 1. The molecule has 3 aliphatic carbocycles. The van der Waals surface area contributed by atoms with Gasteiger partial charge in [0.1, 0.15) is 4.88 Å². The molecule has 5 aromatic rings. The fraction of sp³-hybridized carbons (Fsp3) is 0.147. The predicted octanol–water partition coefficient (Wildman–Crippen LogP) is 7.67. The van der Waals surface area contributed by atoms with Crippen molar-refractivity contribution >= 4 is 28.2 Å². The summed E-state index contributed by atoms with van der Waals surface area (Å²) in [4.78, 5) is 33.0. The first kappa shape index (κ1) is 23.7. The molecule has 1 heterocycles. The van der Waals surface area contributed by atoms with Gasteiger partial charge in [-0.3, -0.25) is 9.59 Å². The van der Waals surface area contributed by atoms with Gasteiger partial charge >= 0.3 is 0 Å². The summed E-state index contributed by atoms with van der Waals surface area (Å²) < 4.78 is 0. The normalized spacial score (nSPS) is 20.6. The number of benzene rings is 4.